The Kier molecular flexibility index (Phi) is 14.1. The van der Waals surface area contributed by atoms with E-state index < -0.39 is 35.8 Å². The van der Waals surface area contributed by atoms with Crippen LogP contribution >= 0.6 is 0 Å². The van der Waals surface area contributed by atoms with Gasteiger partial charge in [0.2, 0.25) is 0 Å². The van der Waals surface area contributed by atoms with Crippen LogP contribution in [-0.2, 0) is 24.2 Å². The smallest absolute Gasteiger partial charge is 0.407 e. The van der Waals surface area contributed by atoms with Crippen molar-refractivity contribution in [1.82, 2.24) is 20.9 Å². The van der Waals surface area contributed by atoms with Gasteiger partial charge in [-0.25, -0.2) is 13.6 Å². The molecule has 11 heteroatoms. The molecule has 0 aliphatic carbocycles. The van der Waals surface area contributed by atoms with Crippen LogP contribution in [0.25, 0.3) is 0 Å². The summed E-state index contributed by atoms with van der Waals surface area (Å²) in [5.74, 6) is -2.22. The molecule has 3 aromatic rings. The average Bonchev–Trinajstić information content (AvgIpc) is 3.02. The molecular formula is C35H44F2N4O5. The molecule has 3 rings (SSSR count). The highest BCUT2D eigenvalue weighted by Gasteiger charge is 2.24. The number of rotatable bonds is 16. The van der Waals surface area contributed by atoms with Gasteiger partial charge >= 0.3 is 6.09 Å². The number of aliphatic hydroxyl groups is 1. The summed E-state index contributed by atoms with van der Waals surface area (Å²) < 4.78 is 32.6. The first-order chi connectivity index (χ1) is 22.0. The Hall–Kier alpha value is -4.35. The van der Waals surface area contributed by atoms with Gasteiger partial charge < -0.3 is 30.7 Å². The van der Waals surface area contributed by atoms with Gasteiger partial charge in [-0.2, -0.15) is 0 Å². The minimum atomic E-state index is -1.14. The second kappa shape index (κ2) is 18.0. The van der Waals surface area contributed by atoms with E-state index in [9.17, 15) is 28.3 Å². The lowest BCUT2D eigenvalue weighted by molar-refractivity contribution is 0.0755. The number of aliphatic hydroxyl groups excluding tert-OH is 1. The highest BCUT2D eigenvalue weighted by Crippen LogP contribution is 2.16. The molecule has 0 aliphatic heterocycles. The molecule has 0 aliphatic rings. The van der Waals surface area contributed by atoms with Crippen LogP contribution in [0.15, 0.2) is 60.7 Å². The van der Waals surface area contributed by atoms with Gasteiger partial charge in [-0.1, -0.05) is 38.1 Å². The Balaban J connectivity index is 1.77. The highest BCUT2D eigenvalue weighted by atomic mass is 19.1. The van der Waals surface area contributed by atoms with E-state index in [1.165, 1.54) is 13.2 Å². The molecule has 0 heterocycles. The van der Waals surface area contributed by atoms with Crippen LogP contribution in [0.1, 0.15) is 69.7 Å². The first-order valence-electron chi connectivity index (χ1n) is 15.5. The van der Waals surface area contributed by atoms with Crippen LogP contribution in [0.3, 0.4) is 0 Å². The number of amides is 3. The van der Waals surface area contributed by atoms with Gasteiger partial charge in [-0.05, 0) is 78.8 Å². The van der Waals surface area contributed by atoms with Crippen LogP contribution in [0.5, 0.6) is 0 Å². The predicted octanol–water partition coefficient (Wildman–Crippen LogP) is 4.88. The third kappa shape index (κ3) is 11.2. The van der Waals surface area contributed by atoms with Crippen molar-refractivity contribution < 1.29 is 33.0 Å². The van der Waals surface area contributed by atoms with Crippen LogP contribution in [0.2, 0.25) is 0 Å². The van der Waals surface area contributed by atoms with E-state index in [2.05, 4.69) is 20.7 Å². The van der Waals surface area contributed by atoms with E-state index >= 15 is 0 Å². The summed E-state index contributed by atoms with van der Waals surface area (Å²) >= 11 is 0. The molecule has 4 N–H and O–H groups in total. The normalized spacial score (nSPS) is 12.2. The van der Waals surface area contributed by atoms with E-state index in [-0.39, 0.29) is 36.5 Å². The summed E-state index contributed by atoms with van der Waals surface area (Å²) in [7, 11) is 1.29. The number of alkyl carbamates (subject to hydrolysis) is 1. The van der Waals surface area contributed by atoms with Gasteiger partial charge in [0, 0.05) is 49.9 Å². The van der Waals surface area contributed by atoms with Crippen molar-refractivity contribution in [2.75, 3.05) is 26.7 Å². The number of hydrogen-bond donors (Lipinski definition) is 4. The van der Waals surface area contributed by atoms with Crippen molar-refractivity contribution in [3.05, 3.63) is 106 Å². The average molecular weight is 639 g/mol. The zero-order valence-corrected chi connectivity index (χ0v) is 26.9. The number of methoxy groups -OCH3 is 1. The lowest BCUT2D eigenvalue weighted by atomic mass is 9.99. The molecule has 0 radical (unpaired) electrons. The van der Waals surface area contributed by atoms with Crippen molar-refractivity contribution in [3.63, 3.8) is 0 Å². The SMILES string of the molecule is CCCN(CCC)C(=O)c1cc(C)cc(C(=O)N[C@@H](Cc2cc(F)cc(F)c2)[C@H](O)CNCc2cccc(CNC(=O)OC)c2)c1. The minimum Gasteiger partial charge on any atom is -0.453 e. The fraction of sp³-hybridized carbons (Fsp3) is 0.400. The molecule has 3 aromatic carbocycles. The topological polar surface area (TPSA) is 120 Å². The maximum atomic E-state index is 14.0. The summed E-state index contributed by atoms with van der Waals surface area (Å²) in [6.07, 6.45) is -0.124. The lowest BCUT2D eigenvalue weighted by Crippen LogP contribution is -2.48. The summed E-state index contributed by atoms with van der Waals surface area (Å²) in [6.45, 7) is 7.69. The summed E-state index contributed by atoms with van der Waals surface area (Å²) in [6, 6.07) is 14.6. The molecule has 248 valence electrons. The molecule has 0 saturated carbocycles. The Bertz CT molecular complexity index is 1460. The van der Waals surface area contributed by atoms with Gasteiger partial charge in [0.15, 0.2) is 0 Å². The number of aryl methyl sites for hydroxylation is 1. The summed E-state index contributed by atoms with van der Waals surface area (Å²) in [5.41, 5.74) is 3.36. The van der Waals surface area contributed by atoms with E-state index in [0.717, 1.165) is 47.7 Å². The molecule has 0 unspecified atom stereocenters. The first-order valence-corrected chi connectivity index (χ1v) is 15.5. The molecule has 46 heavy (non-hydrogen) atoms. The standard InChI is InChI=1S/C35H44F2N4O5/c1-5-10-41(11-6-2)34(44)28-13-23(3)12-27(18-28)33(43)40-31(17-26-15-29(36)19-30(37)16-26)32(42)22-38-20-24-8-7-9-25(14-24)21-39-35(45)46-4/h7-9,12-16,18-19,31-32,38,42H,5-6,10-11,17,20-22H2,1-4H3,(H,39,45)(H,40,43)/t31-,32+/m0/s1. The van der Waals surface area contributed by atoms with Crippen LogP contribution in [-0.4, -0.2) is 66.8 Å². The van der Waals surface area contributed by atoms with E-state index in [4.69, 9.17) is 0 Å². The first kappa shape index (κ1) is 36.1. The fourth-order valence-electron chi connectivity index (χ4n) is 5.20. The Morgan fingerprint density at radius 1 is 0.870 bits per heavy atom. The largest absolute Gasteiger partial charge is 0.453 e. The zero-order chi connectivity index (χ0) is 33.6. The predicted molar refractivity (Wildman–Crippen MR) is 172 cm³/mol. The number of carbonyl (C=O) groups is 3. The van der Waals surface area contributed by atoms with Gasteiger partial charge in [-0.3, -0.25) is 9.59 Å². The van der Waals surface area contributed by atoms with E-state index in [1.807, 2.05) is 38.1 Å². The number of ether oxygens (including phenoxy) is 1. The van der Waals surface area contributed by atoms with Gasteiger partial charge in [0.1, 0.15) is 11.6 Å². The molecule has 2 atom stereocenters. The quantitative estimate of drug-likeness (QED) is 0.178. The van der Waals surface area contributed by atoms with Gasteiger partial charge in [0.25, 0.3) is 11.8 Å². The fourth-order valence-corrected chi connectivity index (χ4v) is 5.20. The molecular weight excluding hydrogens is 594 g/mol. The second-order valence-corrected chi connectivity index (χ2v) is 11.3. The van der Waals surface area contributed by atoms with Gasteiger partial charge in [0.05, 0.1) is 19.3 Å². The third-order valence-corrected chi connectivity index (χ3v) is 7.32. The van der Waals surface area contributed by atoms with Crippen molar-refractivity contribution in [2.45, 2.75) is 65.3 Å². The third-order valence-electron chi connectivity index (χ3n) is 7.32. The number of benzene rings is 3. The molecule has 0 saturated heterocycles. The van der Waals surface area contributed by atoms with Crippen molar-refractivity contribution in [2.24, 2.45) is 0 Å². The number of nitrogens with one attached hydrogen (secondary N) is 3. The number of hydrogen-bond acceptors (Lipinski definition) is 6. The Morgan fingerprint density at radius 2 is 1.50 bits per heavy atom. The molecule has 0 aromatic heterocycles. The second-order valence-electron chi connectivity index (χ2n) is 11.3. The lowest BCUT2D eigenvalue weighted by Gasteiger charge is -2.25. The minimum absolute atomic E-state index is 0.0453. The van der Waals surface area contributed by atoms with Crippen molar-refractivity contribution >= 4 is 17.9 Å². The Labute approximate surface area is 269 Å². The molecule has 9 nitrogen and oxygen atoms in total. The van der Waals surface area contributed by atoms with Crippen molar-refractivity contribution in [1.29, 1.82) is 0 Å². The maximum absolute atomic E-state index is 14.0. The van der Waals surface area contributed by atoms with Crippen LogP contribution < -0.4 is 16.0 Å². The van der Waals surface area contributed by atoms with Crippen LogP contribution in [0, 0.1) is 18.6 Å². The van der Waals surface area contributed by atoms with Crippen molar-refractivity contribution in [3.8, 4) is 0 Å². The Morgan fingerprint density at radius 3 is 2.13 bits per heavy atom. The molecule has 3 amide bonds. The number of nitrogens with zero attached hydrogens (tertiary/aromatic N) is 1. The number of halogens is 2. The van der Waals surface area contributed by atoms with E-state index in [1.54, 1.807) is 24.0 Å². The summed E-state index contributed by atoms with van der Waals surface area (Å²) in [5, 5.41) is 19.8. The maximum Gasteiger partial charge on any atom is 0.407 e. The van der Waals surface area contributed by atoms with Gasteiger partial charge in [-0.15, -0.1) is 0 Å². The number of carbonyl (C=O) groups excluding carboxylic acids is 3. The monoisotopic (exact) mass is 638 g/mol. The summed E-state index contributed by atoms with van der Waals surface area (Å²) in [4.78, 5) is 40.0. The molecule has 0 bridgehead atoms. The molecule has 0 spiro atoms. The highest BCUT2D eigenvalue weighted by molar-refractivity contribution is 6.00. The van der Waals surface area contributed by atoms with Crippen LogP contribution in [0.4, 0.5) is 13.6 Å². The van der Waals surface area contributed by atoms with E-state index in [0.29, 0.717) is 25.2 Å². The molecule has 0 fully saturated rings. The zero-order valence-electron chi connectivity index (χ0n) is 26.9.